The molecule has 0 saturated carbocycles. The molecule has 0 bridgehead atoms. The minimum absolute atomic E-state index is 0.0809. The Morgan fingerprint density at radius 2 is 0.836 bits per heavy atom. The summed E-state index contributed by atoms with van der Waals surface area (Å²) in [5.74, 6) is 0. The summed E-state index contributed by atoms with van der Waals surface area (Å²) >= 11 is 0. The van der Waals surface area contributed by atoms with Crippen LogP contribution in [-0.4, -0.2) is 0 Å². The van der Waals surface area contributed by atoms with E-state index in [1.807, 2.05) is 0 Å². The molecule has 10 aromatic carbocycles. The fraction of sp³-hybridized carbons (Fsp3) is 0.0545. The SMILES string of the molecule is CC1(C)c2ccccc2-c2c1cc(-c1cccc(-c3cccc(-c4c5ccccc5c(-c5ccccc5)c5ccc6ccccc6c45)c3)c1)c1ccccc21. The molecule has 55 heavy (non-hydrogen) atoms. The molecule has 11 rings (SSSR count). The van der Waals surface area contributed by atoms with Crippen LogP contribution in [0.2, 0.25) is 0 Å². The first-order valence-electron chi connectivity index (χ1n) is 19.4. The predicted octanol–water partition coefficient (Wildman–Crippen LogP) is 15.3. The Hall–Kier alpha value is -6.76. The van der Waals surface area contributed by atoms with Gasteiger partial charge in [0.15, 0.2) is 0 Å². The summed E-state index contributed by atoms with van der Waals surface area (Å²) in [6.45, 7) is 4.75. The van der Waals surface area contributed by atoms with Crippen LogP contribution >= 0.6 is 0 Å². The zero-order chi connectivity index (χ0) is 36.7. The van der Waals surface area contributed by atoms with Crippen LogP contribution in [0.1, 0.15) is 25.0 Å². The highest BCUT2D eigenvalue weighted by atomic mass is 14.4. The lowest BCUT2D eigenvalue weighted by molar-refractivity contribution is 0.661. The molecule has 0 saturated heterocycles. The van der Waals surface area contributed by atoms with E-state index in [1.165, 1.54) is 110 Å². The number of rotatable bonds is 4. The topological polar surface area (TPSA) is 0 Å². The summed E-state index contributed by atoms with van der Waals surface area (Å²) in [4.78, 5) is 0. The molecule has 0 aromatic heterocycles. The van der Waals surface area contributed by atoms with Crippen molar-refractivity contribution in [2.75, 3.05) is 0 Å². The third-order valence-corrected chi connectivity index (χ3v) is 12.2. The van der Waals surface area contributed by atoms with Crippen molar-refractivity contribution in [1.29, 1.82) is 0 Å². The van der Waals surface area contributed by atoms with Gasteiger partial charge in [-0.2, -0.15) is 0 Å². The van der Waals surface area contributed by atoms with E-state index < -0.39 is 0 Å². The first kappa shape index (κ1) is 31.7. The third-order valence-electron chi connectivity index (χ3n) is 12.2. The van der Waals surface area contributed by atoms with E-state index in [1.54, 1.807) is 0 Å². The van der Waals surface area contributed by atoms with E-state index in [-0.39, 0.29) is 5.41 Å². The average Bonchev–Trinajstić information content (AvgIpc) is 3.48. The van der Waals surface area contributed by atoms with Crippen LogP contribution in [0.15, 0.2) is 194 Å². The normalized spacial score (nSPS) is 13.1. The van der Waals surface area contributed by atoms with Gasteiger partial charge >= 0.3 is 0 Å². The van der Waals surface area contributed by atoms with Crippen LogP contribution in [0.25, 0.3) is 98.7 Å². The van der Waals surface area contributed by atoms with E-state index in [2.05, 4.69) is 208 Å². The first-order valence-corrected chi connectivity index (χ1v) is 19.4. The molecular weight excluding hydrogens is 661 g/mol. The van der Waals surface area contributed by atoms with Crippen LogP contribution in [0.3, 0.4) is 0 Å². The monoisotopic (exact) mass is 698 g/mol. The molecule has 1 aliphatic rings. The lowest BCUT2D eigenvalue weighted by Crippen LogP contribution is -2.15. The summed E-state index contributed by atoms with van der Waals surface area (Å²) in [7, 11) is 0. The van der Waals surface area contributed by atoms with Crippen molar-refractivity contribution < 1.29 is 0 Å². The highest BCUT2D eigenvalue weighted by molar-refractivity contribution is 6.28. The zero-order valence-electron chi connectivity index (χ0n) is 31.0. The lowest BCUT2D eigenvalue weighted by atomic mass is 9.80. The molecule has 0 amide bonds. The molecule has 0 N–H and O–H groups in total. The molecule has 0 heterocycles. The number of benzene rings is 10. The van der Waals surface area contributed by atoms with E-state index in [0.717, 1.165) is 0 Å². The van der Waals surface area contributed by atoms with Gasteiger partial charge in [-0.1, -0.05) is 190 Å². The summed E-state index contributed by atoms with van der Waals surface area (Å²) in [6, 6.07) is 72.1. The maximum Gasteiger partial charge on any atom is 0.0159 e. The summed E-state index contributed by atoms with van der Waals surface area (Å²) in [5, 5.41) is 10.3. The smallest absolute Gasteiger partial charge is 0.0159 e. The second-order valence-electron chi connectivity index (χ2n) is 15.6. The predicted molar refractivity (Wildman–Crippen MR) is 236 cm³/mol. The van der Waals surface area contributed by atoms with Gasteiger partial charge in [-0.05, 0) is 128 Å². The Kier molecular flexibility index (Phi) is 7.00. The average molecular weight is 699 g/mol. The van der Waals surface area contributed by atoms with Gasteiger partial charge in [-0.25, -0.2) is 0 Å². The highest BCUT2D eigenvalue weighted by Crippen LogP contribution is 2.53. The van der Waals surface area contributed by atoms with Gasteiger partial charge in [0.05, 0.1) is 0 Å². The van der Waals surface area contributed by atoms with Gasteiger partial charge in [0, 0.05) is 5.41 Å². The van der Waals surface area contributed by atoms with Crippen molar-refractivity contribution in [3.63, 3.8) is 0 Å². The molecule has 0 atom stereocenters. The molecule has 0 aliphatic heterocycles. The maximum atomic E-state index is 2.48. The van der Waals surface area contributed by atoms with E-state index in [4.69, 9.17) is 0 Å². The van der Waals surface area contributed by atoms with Crippen molar-refractivity contribution in [3.8, 4) is 55.6 Å². The van der Waals surface area contributed by atoms with Crippen LogP contribution in [0, 0.1) is 0 Å². The molecule has 0 nitrogen and oxygen atoms in total. The fourth-order valence-electron chi connectivity index (χ4n) is 9.67. The summed E-state index contributed by atoms with van der Waals surface area (Å²) in [6.07, 6.45) is 0. The van der Waals surface area contributed by atoms with Gasteiger partial charge in [-0.3, -0.25) is 0 Å². The molecule has 0 radical (unpaired) electrons. The molecule has 0 spiro atoms. The molecule has 258 valence electrons. The summed E-state index contributed by atoms with van der Waals surface area (Å²) in [5.41, 5.74) is 15.5. The molecule has 0 fully saturated rings. The Morgan fingerprint density at radius 1 is 0.291 bits per heavy atom. The van der Waals surface area contributed by atoms with Gasteiger partial charge < -0.3 is 0 Å². The lowest BCUT2D eigenvalue weighted by Gasteiger charge is -2.23. The van der Waals surface area contributed by atoms with E-state index in [9.17, 15) is 0 Å². The van der Waals surface area contributed by atoms with Crippen molar-refractivity contribution in [3.05, 3.63) is 205 Å². The molecular formula is C55H38. The van der Waals surface area contributed by atoms with Crippen molar-refractivity contribution in [2.24, 2.45) is 0 Å². The Morgan fingerprint density at radius 3 is 1.60 bits per heavy atom. The van der Waals surface area contributed by atoms with Crippen LogP contribution in [-0.2, 0) is 5.41 Å². The van der Waals surface area contributed by atoms with E-state index >= 15 is 0 Å². The van der Waals surface area contributed by atoms with Crippen molar-refractivity contribution >= 4 is 43.1 Å². The van der Waals surface area contributed by atoms with Crippen molar-refractivity contribution in [2.45, 2.75) is 19.3 Å². The Bertz CT molecular complexity index is 3160. The van der Waals surface area contributed by atoms with E-state index in [0.29, 0.717) is 0 Å². The van der Waals surface area contributed by atoms with Gasteiger partial charge in [0.2, 0.25) is 0 Å². The van der Waals surface area contributed by atoms with Gasteiger partial charge in [-0.15, -0.1) is 0 Å². The zero-order valence-corrected chi connectivity index (χ0v) is 31.0. The fourth-order valence-corrected chi connectivity index (χ4v) is 9.67. The quantitative estimate of drug-likeness (QED) is 0.127. The second-order valence-corrected chi connectivity index (χ2v) is 15.6. The number of hydrogen-bond donors (Lipinski definition) is 0. The van der Waals surface area contributed by atoms with Gasteiger partial charge in [0.1, 0.15) is 0 Å². The van der Waals surface area contributed by atoms with Crippen LogP contribution in [0.4, 0.5) is 0 Å². The first-order chi connectivity index (χ1) is 27.1. The third kappa shape index (κ3) is 4.78. The minimum Gasteiger partial charge on any atom is -0.0622 e. The number of fused-ring (bicyclic) bond motifs is 9. The maximum absolute atomic E-state index is 2.48. The second kappa shape index (κ2) is 12.1. The largest absolute Gasteiger partial charge is 0.0622 e. The van der Waals surface area contributed by atoms with Crippen LogP contribution in [0.5, 0.6) is 0 Å². The van der Waals surface area contributed by atoms with Crippen LogP contribution < -0.4 is 0 Å². The molecule has 0 unspecified atom stereocenters. The van der Waals surface area contributed by atoms with Gasteiger partial charge in [0.25, 0.3) is 0 Å². The van der Waals surface area contributed by atoms with Crippen molar-refractivity contribution in [1.82, 2.24) is 0 Å². The molecule has 10 aromatic rings. The molecule has 0 heteroatoms. The molecule has 1 aliphatic carbocycles. The summed E-state index contributed by atoms with van der Waals surface area (Å²) < 4.78 is 0. The Labute approximate surface area is 322 Å². The number of hydrogen-bond acceptors (Lipinski definition) is 0. The minimum atomic E-state index is -0.0809. The Balaban J connectivity index is 1.12. The highest BCUT2D eigenvalue weighted by Gasteiger charge is 2.37. The standard InChI is InChI=1S/C55H38/c1-55(2)49-29-13-12-28-46(49)53-43-25-9-8-24-42(43)48(34-50(53)55)39-21-14-19-37(32-39)38-20-15-22-40(33-38)52-45-27-11-10-26-44(45)51(36-17-4-3-5-18-36)47-31-30-35-16-6-7-23-41(35)54(47)52/h3-34H,1-2H3.